The summed E-state index contributed by atoms with van der Waals surface area (Å²) in [4.78, 5) is 64.8. The summed E-state index contributed by atoms with van der Waals surface area (Å²) in [5.74, 6) is -0.833. The summed E-state index contributed by atoms with van der Waals surface area (Å²) in [6.45, 7) is 13.5. The van der Waals surface area contributed by atoms with Gasteiger partial charge < -0.3 is 34.9 Å². The predicted octanol–water partition coefficient (Wildman–Crippen LogP) is 3.88. The Labute approximate surface area is 343 Å². The Balaban J connectivity index is 0.792. The molecular weight excluding hydrogens is 756 g/mol. The molecule has 0 radical (unpaired) electrons. The van der Waals surface area contributed by atoms with Crippen molar-refractivity contribution in [1.82, 2.24) is 35.1 Å². The highest BCUT2D eigenvalue weighted by Gasteiger charge is 2.47. The number of hydrogen-bond donors (Lipinski definition) is 3. The largest absolute Gasteiger partial charge is 0.504 e. The lowest BCUT2D eigenvalue weighted by atomic mass is 9.87. The number of nitrogens with zero attached hydrogens (tertiary/aromatic N) is 8. The molecule has 4 saturated heterocycles. The molecule has 9 rings (SSSR count). The number of aromatic nitrogens is 2. The quantitative estimate of drug-likeness (QED) is 0.311. The van der Waals surface area contributed by atoms with Gasteiger partial charge in [-0.05, 0) is 81.3 Å². The van der Waals surface area contributed by atoms with Gasteiger partial charge in [-0.1, -0.05) is 19.1 Å². The van der Waals surface area contributed by atoms with Crippen LogP contribution >= 0.6 is 0 Å². The van der Waals surface area contributed by atoms with Gasteiger partial charge in [-0.3, -0.25) is 24.6 Å². The number of benzene rings is 2. The van der Waals surface area contributed by atoms with Crippen LogP contribution in [0.4, 0.5) is 26.4 Å². The van der Waals surface area contributed by atoms with Crippen molar-refractivity contribution in [2.75, 3.05) is 74.0 Å². The summed E-state index contributed by atoms with van der Waals surface area (Å²) in [6, 6.07) is 12.0. The Morgan fingerprint density at radius 3 is 2.56 bits per heavy atom. The second kappa shape index (κ2) is 15.3. The van der Waals surface area contributed by atoms with Crippen molar-refractivity contribution in [2.45, 2.75) is 83.1 Å². The average molecular weight is 809 g/mol. The Morgan fingerprint density at radius 1 is 0.966 bits per heavy atom. The molecule has 1 aromatic heterocycles. The molecule has 7 heterocycles. The maximum absolute atomic E-state index is 14.3. The molecule has 0 unspecified atom stereocenters. The number of hydrogen-bond acceptors (Lipinski definition) is 11. The fourth-order valence-electron chi connectivity index (χ4n) is 10.3. The second-order valence-corrected chi connectivity index (χ2v) is 17.4. The number of imide groups is 1. The number of anilines is 3. The zero-order chi connectivity index (χ0) is 41.2. The van der Waals surface area contributed by atoms with Gasteiger partial charge in [0.25, 0.3) is 5.91 Å². The van der Waals surface area contributed by atoms with Crippen molar-refractivity contribution in [2.24, 2.45) is 5.92 Å². The SMILES string of the molecule is CC[C@]12CNc3nnc(-c4cccc(F)c4O)cc3N1CCN(C(=O)N1C[C@H](C)N(CC3CCN(c4ccc5c(c4)C(=O)N([C@H]4CCC(=O)NC4=O)C5)CC3)C[C@H]1C)C2. The van der Waals surface area contributed by atoms with Crippen LogP contribution in [0.5, 0.6) is 5.75 Å². The molecule has 5 amide bonds. The summed E-state index contributed by atoms with van der Waals surface area (Å²) in [5, 5.41) is 24.9. The number of piperidine rings is 2. The van der Waals surface area contributed by atoms with E-state index < -0.39 is 23.5 Å². The van der Waals surface area contributed by atoms with E-state index in [0.717, 1.165) is 62.4 Å². The predicted molar refractivity (Wildman–Crippen MR) is 220 cm³/mol. The Bertz CT molecular complexity index is 2180. The molecule has 6 aliphatic heterocycles. The van der Waals surface area contributed by atoms with E-state index in [1.807, 2.05) is 23.1 Å². The zero-order valence-corrected chi connectivity index (χ0v) is 34.0. The van der Waals surface area contributed by atoms with E-state index in [4.69, 9.17) is 0 Å². The molecule has 4 atom stereocenters. The van der Waals surface area contributed by atoms with E-state index in [1.54, 1.807) is 17.0 Å². The van der Waals surface area contributed by atoms with Crippen LogP contribution in [0.15, 0.2) is 42.5 Å². The first kappa shape index (κ1) is 39.0. The lowest BCUT2D eigenvalue weighted by Gasteiger charge is -2.55. The lowest BCUT2D eigenvalue weighted by molar-refractivity contribution is -0.136. The first-order valence-electron chi connectivity index (χ1n) is 21.1. The standard InChI is InChI=1S/C43H53FN10O5/c1-4-43-24-45-39-36(19-34(47-48-39)31-6-5-7-33(44)38(31)56)54(43)17-16-50(25-43)42(59)52-21-26(2)51(20-27(52)3)22-28-12-14-49(15-13-28)30-9-8-29-23-53(41(58)32(29)18-30)35-10-11-37(55)46-40(35)57/h5-9,18-19,26-28,35,56H,4,10-17,20-25H2,1-3H3,(H,45,48)(H,46,55,57)/t26-,27+,35-,43+/m0/s1. The lowest BCUT2D eigenvalue weighted by Crippen LogP contribution is -2.70. The van der Waals surface area contributed by atoms with Gasteiger partial charge in [-0.2, -0.15) is 0 Å². The number of fused-ring (bicyclic) bond motifs is 4. The summed E-state index contributed by atoms with van der Waals surface area (Å²) in [6.07, 6.45) is 3.45. The Kier molecular flexibility index (Phi) is 10.1. The summed E-state index contributed by atoms with van der Waals surface area (Å²) >= 11 is 0. The third-order valence-electron chi connectivity index (χ3n) is 13.8. The van der Waals surface area contributed by atoms with Crippen LogP contribution in [-0.4, -0.2) is 141 Å². The topological polar surface area (TPSA) is 158 Å². The van der Waals surface area contributed by atoms with Crippen LogP contribution < -0.4 is 20.4 Å². The minimum Gasteiger partial charge on any atom is -0.504 e. The molecule has 6 aliphatic rings. The zero-order valence-electron chi connectivity index (χ0n) is 34.0. The third kappa shape index (κ3) is 6.98. The number of para-hydroxylation sites is 1. The van der Waals surface area contributed by atoms with E-state index in [1.165, 1.54) is 6.07 Å². The van der Waals surface area contributed by atoms with Gasteiger partial charge in [0, 0.05) is 101 Å². The van der Waals surface area contributed by atoms with E-state index in [2.05, 4.69) is 67.3 Å². The first-order chi connectivity index (χ1) is 28.4. The molecule has 2 aromatic carbocycles. The normalized spacial score (nSPS) is 26.3. The monoisotopic (exact) mass is 808 g/mol. The van der Waals surface area contributed by atoms with Crippen LogP contribution in [0.1, 0.15) is 68.8 Å². The van der Waals surface area contributed by atoms with Crippen LogP contribution in [-0.2, 0) is 16.1 Å². The molecule has 3 N–H and O–H groups in total. The van der Waals surface area contributed by atoms with Gasteiger partial charge in [0.1, 0.15) is 6.04 Å². The maximum atomic E-state index is 14.3. The van der Waals surface area contributed by atoms with E-state index in [0.29, 0.717) is 68.7 Å². The molecule has 0 saturated carbocycles. The van der Waals surface area contributed by atoms with Crippen molar-refractivity contribution in [3.63, 3.8) is 0 Å². The smallest absolute Gasteiger partial charge is 0.320 e. The van der Waals surface area contributed by atoms with Crippen LogP contribution in [0.25, 0.3) is 11.3 Å². The Hall–Kier alpha value is -5.51. The van der Waals surface area contributed by atoms with Crippen molar-refractivity contribution in [3.05, 3.63) is 59.4 Å². The van der Waals surface area contributed by atoms with E-state index in [9.17, 15) is 28.7 Å². The number of aromatic hydroxyl groups is 1. The summed E-state index contributed by atoms with van der Waals surface area (Å²) in [7, 11) is 0. The number of urea groups is 1. The molecule has 312 valence electrons. The fraction of sp³-hybridized carbons (Fsp3) is 0.535. The maximum Gasteiger partial charge on any atom is 0.320 e. The van der Waals surface area contributed by atoms with Gasteiger partial charge >= 0.3 is 6.03 Å². The van der Waals surface area contributed by atoms with E-state index >= 15 is 0 Å². The molecule has 15 nitrogen and oxygen atoms in total. The number of carbonyl (C=O) groups excluding carboxylic acids is 4. The second-order valence-electron chi connectivity index (χ2n) is 17.4. The van der Waals surface area contributed by atoms with Gasteiger partial charge in [0.05, 0.1) is 16.9 Å². The van der Waals surface area contributed by atoms with Gasteiger partial charge in [0.15, 0.2) is 17.4 Å². The highest BCUT2D eigenvalue weighted by Crippen LogP contribution is 2.42. The highest BCUT2D eigenvalue weighted by atomic mass is 19.1. The van der Waals surface area contributed by atoms with Crippen LogP contribution in [0.3, 0.4) is 0 Å². The van der Waals surface area contributed by atoms with Gasteiger partial charge in [0.2, 0.25) is 11.8 Å². The van der Waals surface area contributed by atoms with Gasteiger partial charge in [-0.15, -0.1) is 10.2 Å². The summed E-state index contributed by atoms with van der Waals surface area (Å²) in [5.41, 5.74) is 3.71. The van der Waals surface area contributed by atoms with Crippen molar-refractivity contribution in [1.29, 1.82) is 0 Å². The summed E-state index contributed by atoms with van der Waals surface area (Å²) < 4.78 is 14.2. The molecule has 4 fully saturated rings. The highest BCUT2D eigenvalue weighted by molar-refractivity contribution is 6.05. The van der Waals surface area contributed by atoms with Crippen molar-refractivity contribution >= 4 is 40.9 Å². The molecule has 0 aliphatic carbocycles. The minimum absolute atomic E-state index is 0.0556. The Morgan fingerprint density at radius 2 is 1.78 bits per heavy atom. The van der Waals surface area contributed by atoms with Crippen molar-refractivity contribution < 1.29 is 28.7 Å². The number of phenols is 1. The average Bonchev–Trinajstić information content (AvgIpc) is 3.57. The van der Waals surface area contributed by atoms with E-state index in [-0.39, 0.29) is 47.5 Å². The minimum atomic E-state index is -0.711. The molecular formula is C43H53FN10O5. The molecule has 0 spiro atoms. The number of halogens is 1. The van der Waals surface area contributed by atoms with Crippen LogP contribution in [0.2, 0.25) is 0 Å². The molecule has 59 heavy (non-hydrogen) atoms. The third-order valence-corrected chi connectivity index (χ3v) is 13.8. The number of carbonyl (C=O) groups is 4. The number of amides is 5. The number of phenolic OH excluding ortho intramolecular Hbond substituents is 1. The van der Waals surface area contributed by atoms with Crippen molar-refractivity contribution in [3.8, 4) is 17.0 Å². The molecule has 16 heteroatoms. The number of rotatable bonds is 6. The molecule has 3 aromatic rings. The molecule has 0 bridgehead atoms. The number of nitrogens with one attached hydrogen (secondary N) is 2. The van der Waals surface area contributed by atoms with Gasteiger partial charge in [-0.25, -0.2) is 9.18 Å². The van der Waals surface area contributed by atoms with Crippen LogP contribution in [0, 0.1) is 11.7 Å². The first-order valence-corrected chi connectivity index (χ1v) is 21.1. The fourth-order valence-corrected chi connectivity index (χ4v) is 10.3. The number of piperazine rings is 2.